The van der Waals surface area contributed by atoms with Crippen LogP contribution < -0.4 is 4.74 Å². The number of hydrogen-bond donors (Lipinski definition) is 0. The van der Waals surface area contributed by atoms with Crippen LogP contribution >= 0.6 is 0 Å². The summed E-state index contributed by atoms with van der Waals surface area (Å²) in [5.41, 5.74) is 7.45. The lowest BCUT2D eigenvalue weighted by atomic mass is 9.76. The average molecular weight is 432 g/mol. The fourth-order valence-corrected chi connectivity index (χ4v) is 5.12. The summed E-state index contributed by atoms with van der Waals surface area (Å²) in [6.07, 6.45) is 3.31. The Labute approximate surface area is 190 Å². The van der Waals surface area contributed by atoms with Crippen LogP contribution in [0.5, 0.6) is 11.5 Å². The second-order valence-corrected chi connectivity index (χ2v) is 8.70. The molecule has 0 saturated heterocycles. The van der Waals surface area contributed by atoms with Crippen LogP contribution in [0.4, 0.5) is 5.69 Å². The number of hydrogen-bond acceptors (Lipinski definition) is 5. The van der Waals surface area contributed by atoms with E-state index >= 15 is 0 Å². The lowest BCUT2D eigenvalue weighted by molar-refractivity contribution is 0.453. The molecule has 4 aromatic carbocycles. The van der Waals surface area contributed by atoms with Crippen molar-refractivity contribution in [1.29, 1.82) is 0 Å². The fraction of sp³-hybridized carbons (Fsp3) is 0.143. The van der Waals surface area contributed by atoms with E-state index < -0.39 is 0 Å². The summed E-state index contributed by atoms with van der Waals surface area (Å²) in [5.74, 6) is 1.41. The molecular weight excluding hydrogens is 412 g/mol. The minimum atomic E-state index is -0.132. The number of benzene rings is 4. The van der Waals surface area contributed by atoms with Crippen molar-refractivity contribution in [2.75, 3.05) is 0 Å². The first kappa shape index (κ1) is 19.6. The molecule has 160 valence electrons. The zero-order chi connectivity index (χ0) is 22.5. The Kier molecular flexibility index (Phi) is 4.44. The molecule has 4 aromatic rings. The highest BCUT2D eigenvalue weighted by atomic mass is 16.5. The van der Waals surface area contributed by atoms with Crippen molar-refractivity contribution in [3.8, 4) is 11.5 Å². The van der Waals surface area contributed by atoms with Crippen LogP contribution in [0, 0.1) is 16.7 Å². The van der Waals surface area contributed by atoms with E-state index in [1.54, 1.807) is 6.07 Å². The molecule has 1 atom stereocenters. The highest BCUT2D eigenvalue weighted by molar-refractivity contribution is 5.93. The van der Waals surface area contributed by atoms with Gasteiger partial charge in [0.25, 0.3) is 0 Å². The van der Waals surface area contributed by atoms with Crippen LogP contribution in [0.3, 0.4) is 0 Å². The molecule has 5 heteroatoms. The van der Waals surface area contributed by atoms with Gasteiger partial charge in [-0.1, -0.05) is 48.0 Å². The molecule has 1 aliphatic heterocycles. The molecule has 0 N–H and O–H groups in total. The molecule has 1 heterocycles. The van der Waals surface area contributed by atoms with Crippen molar-refractivity contribution in [1.82, 2.24) is 0 Å². The van der Waals surface area contributed by atoms with Crippen LogP contribution in [0.15, 0.2) is 82.8 Å². The van der Waals surface area contributed by atoms with Crippen LogP contribution in [0.25, 0.3) is 16.8 Å². The SMILES string of the molecule is Cc1ccc(C2c3c(ccc4c3C=C(N=O)CC4)Oc3ccc4ccc(N=O)cc4c32)cc1. The minimum Gasteiger partial charge on any atom is -0.457 e. The van der Waals surface area contributed by atoms with Gasteiger partial charge >= 0.3 is 0 Å². The van der Waals surface area contributed by atoms with E-state index in [1.165, 1.54) is 11.1 Å². The van der Waals surface area contributed by atoms with E-state index in [2.05, 4.69) is 47.6 Å². The first-order chi connectivity index (χ1) is 16.2. The zero-order valence-corrected chi connectivity index (χ0v) is 18.0. The number of rotatable bonds is 3. The molecule has 0 amide bonds. The highest BCUT2D eigenvalue weighted by Gasteiger charge is 2.34. The third-order valence-corrected chi connectivity index (χ3v) is 6.74. The van der Waals surface area contributed by atoms with E-state index in [4.69, 9.17) is 4.74 Å². The molecule has 0 aromatic heterocycles. The van der Waals surface area contributed by atoms with E-state index in [-0.39, 0.29) is 5.92 Å². The Morgan fingerprint density at radius 3 is 2.36 bits per heavy atom. The Balaban J connectivity index is 1.71. The molecule has 0 bridgehead atoms. The molecule has 0 saturated carbocycles. The molecule has 6 rings (SSSR count). The van der Waals surface area contributed by atoms with E-state index in [1.807, 2.05) is 36.4 Å². The Hall–Kier alpha value is -4.12. The number of nitroso groups, excluding NO2 is 2. The van der Waals surface area contributed by atoms with Crippen molar-refractivity contribution in [2.45, 2.75) is 25.7 Å². The first-order valence-electron chi connectivity index (χ1n) is 11.0. The predicted octanol–water partition coefficient (Wildman–Crippen LogP) is 7.89. The van der Waals surface area contributed by atoms with Gasteiger partial charge in [-0.15, -0.1) is 9.81 Å². The van der Waals surface area contributed by atoms with Gasteiger partial charge in [0, 0.05) is 17.0 Å². The molecule has 2 aliphatic rings. The quantitative estimate of drug-likeness (QED) is 0.272. The summed E-state index contributed by atoms with van der Waals surface area (Å²) in [6.45, 7) is 2.07. The molecule has 0 fully saturated rings. The standard InChI is InChI=1S/C28H20N2O3/c1-16-2-4-19(5-3-16)26-27-22-14-20(29-31)10-6-17(22)8-12-24(27)33-25-13-9-18-7-11-21(30-32)15-23(18)28(25)26/h2-6,8-10,12-15,26H,7,11H2,1H3. The summed E-state index contributed by atoms with van der Waals surface area (Å²) in [7, 11) is 0. The van der Waals surface area contributed by atoms with Crippen molar-refractivity contribution >= 4 is 22.5 Å². The van der Waals surface area contributed by atoms with Crippen LogP contribution in [-0.4, -0.2) is 0 Å². The number of ether oxygens (including phenoxy) is 1. The Bertz CT molecular complexity index is 1490. The molecule has 1 aliphatic carbocycles. The monoisotopic (exact) mass is 432 g/mol. The molecule has 5 nitrogen and oxygen atoms in total. The molecule has 1 unspecified atom stereocenters. The summed E-state index contributed by atoms with van der Waals surface area (Å²) >= 11 is 0. The van der Waals surface area contributed by atoms with Gasteiger partial charge < -0.3 is 4.74 Å². The lowest BCUT2D eigenvalue weighted by Gasteiger charge is -2.33. The third-order valence-electron chi connectivity index (χ3n) is 6.74. The zero-order valence-electron chi connectivity index (χ0n) is 18.0. The maximum atomic E-state index is 11.4. The largest absolute Gasteiger partial charge is 0.457 e. The van der Waals surface area contributed by atoms with Crippen molar-refractivity contribution < 1.29 is 4.74 Å². The van der Waals surface area contributed by atoms with Gasteiger partial charge in [-0.2, -0.15) is 0 Å². The van der Waals surface area contributed by atoms with Crippen molar-refractivity contribution in [2.24, 2.45) is 10.4 Å². The number of nitrogens with zero attached hydrogens (tertiary/aromatic N) is 2. The molecule has 0 spiro atoms. The van der Waals surface area contributed by atoms with E-state index in [0.29, 0.717) is 17.8 Å². The lowest BCUT2D eigenvalue weighted by Crippen LogP contribution is -2.16. The first-order valence-corrected chi connectivity index (χ1v) is 11.0. The molecule has 0 radical (unpaired) electrons. The normalized spacial score (nSPS) is 16.2. The topological polar surface area (TPSA) is 68.1 Å². The van der Waals surface area contributed by atoms with Crippen molar-refractivity contribution in [3.63, 3.8) is 0 Å². The summed E-state index contributed by atoms with van der Waals surface area (Å²) in [5, 5.41) is 8.36. The van der Waals surface area contributed by atoms with Crippen LogP contribution in [-0.2, 0) is 6.42 Å². The summed E-state index contributed by atoms with van der Waals surface area (Å²) in [4.78, 5) is 22.7. The fourth-order valence-electron chi connectivity index (χ4n) is 5.12. The van der Waals surface area contributed by atoms with Crippen LogP contribution in [0.1, 0.15) is 45.7 Å². The number of fused-ring (bicyclic) bond motifs is 6. The second-order valence-electron chi connectivity index (χ2n) is 8.70. The maximum Gasteiger partial charge on any atom is 0.132 e. The predicted molar refractivity (Wildman–Crippen MR) is 130 cm³/mol. The van der Waals surface area contributed by atoms with Gasteiger partial charge in [0.05, 0.1) is 5.70 Å². The summed E-state index contributed by atoms with van der Waals surface area (Å²) < 4.78 is 6.42. The smallest absolute Gasteiger partial charge is 0.132 e. The van der Waals surface area contributed by atoms with Gasteiger partial charge in [-0.25, -0.2) is 0 Å². The molecular formula is C28H20N2O3. The van der Waals surface area contributed by atoms with Gasteiger partial charge in [-0.05, 0) is 87.9 Å². The van der Waals surface area contributed by atoms with Gasteiger partial charge in [0.2, 0.25) is 0 Å². The highest BCUT2D eigenvalue weighted by Crippen LogP contribution is 2.53. The van der Waals surface area contributed by atoms with Gasteiger partial charge in [-0.3, -0.25) is 0 Å². The third kappa shape index (κ3) is 3.08. The van der Waals surface area contributed by atoms with Gasteiger partial charge in [0.1, 0.15) is 17.2 Å². The Morgan fingerprint density at radius 2 is 1.58 bits per heavy atom. The summed E-state index contributed by atoms with van der Waals surface area (Å²) in [6, 6.07) is 22.1. The Morgan fingerprint density at radius 1 is 0.818 bits per heavy atom. The second kappa shape index (κ2) is 7.48. The van der Waals surface area contributed by atoms with E-state index in [9.17, 15) is 9.81 Å². The van der Waals surface area contributed by atoms with E-state index in [0.717, 1.165) is 50.9 Å². The number of allylic oxidation sites excluding steroid dienone is 1. The minimum absolute atomic E-state index is 0.132. The van der Waals surface area contributed by atoms with Gasteiger partial charge in [0.15, 0.2) is 0 Å². The van der Waals surface area contributed by atoms with Crippen LogP contribution in [0.2, 0.25) is 0 Å². The average Bonchev–Trinajstić information content (AvgIpc) is 2.87. The molecule has 33 heavy (non-hydrogen) atoms. The number of aryl methyl sites for hydroxylation is 2. The van der Waals surface area contributed by atoms with Crippen molar-refractivity contribution in [3.05, 3.63) is 116 Å². The maximum absolute atomic E-state index is 11.4.